The summed E-state index contributed by atoms with van der Waals surface area (Å²) in [4.78, 5) is 23.9. The van der Waals surface area contributed by atoms with Crippen LogP contribution in [0.1, 0.15) is 42.2 Å². The number of amides is 2. The van der Waals surface area contributed by atoms with Crippen molar-refractivity contribution in [2.75, 3.05) is 5.32 Å². The van der Waals surface area contributed by atoms with Gasteiger partial charge in [0.05, 0.1) is 6.04 Å². The molecule has 0 unspecified atom stereocenters. The minimum atomic E-state index is -0.281. The maximum atomic E-state index is 12.4. The van der Waals surface area contributed by atoms with Gasteiger partial charge < -0.3 is 10.6 Å². The quantitative estimate of drug-likeness (QED) is 0.797. The van der Waals surface area contributed by atoms with Gasteiger partial charge in [-0.2, -0.15) is 0 Å². The van der Waals surface area contributed by atoms with Crippen LogP contribution in [0.15, 0.2) is 42.5 Å². The monoisotopic (exact) mass is 364 g/mol. The molecule has 2 rings (SSSR count). The summed E-state index contributed by atoms with van der Waals surface area (Å²) in [5.74, 6) is -0.352. The first-order valence-corrected chi connectivity index (χ1v) is 8.32. The Morgan fingerprint density at radius 2 is 1.88 bits per heavy atom. The Morgan fingerprint density at radius 1 is 1.12 bits per heavy atom. The maximum Gasteiger partial charge on any atom is 0.251 e. The molecule has 0 radical (unpaired) electrons. The molecule has 4 nitrogen and oxygen atoms in total. The lowest BCUT2D eigenvalue weighted by molar-refractivity contribution is -0.115. The van der Waals surface area contributed by atoms with Gasteiger partial charge in [0.1, 0.15) is 0 Å². The summed E-state index contributed by atoms with van der Waals surface area (Å²) in [5.41, 5.74) is 1.83. The van der Waals surface area contributed by atoms with Gasteiger partial charge in [-0.3, -0.25) is 9.59 Å². The van der Waals surface area contributed by atoms with Crippen LogP contribution in [-0.4, -0.2) is 11.8 Å². The van der Waals surface area contributed by atoms with Gasteiger partial charge in [0.25, 0.3) is 5.91 Å². The van der Waals surface area contributed by atoms with Crippen LogP contribution in [0.2, 0.25) is 10.0 Å². The summed E-state index contributed by atoms with van der Waals surface area (Å²) in [6, 6.07) is 11.7. The van der Waals surface area contributed by atoms with Gasteiger partial charge in [-0.25, -0.2) is 0 Å². The maximum absolute atomic E-state index is 12.4. The van der Waals surface area contributed by atoms with Crippen molar-refractivity contribution in [2.24, 2.45) is 0 Å². The number of nitrogens with one attached hydrogen (secondary N) is 2. The van der Waals surface area contributed by atoms with E-state index in [0.29, 0.717) is 27.7 Å². The van der Waals surface area contributed by atoms with E-state index in [1.165, 1.54) is 0 Å². The van der Waals surface area contributed by atoms with Crippen LogP contribution in [0.5, 0.6) is 0 Å². The fourth-order valence-electron chi connectivity index (χ4n) is 2.20. The largest absolute Gasteiger partial charge is 0.345 e. The molecule has 6 heteroatoms. The van der Waals surface area contributed by atoms with Gasteiger partial charge in [0.2, 0.25) is 5.91 Å². The zero-order chi connectivity index (χ0) is 17.7. The average Bonchev–Trinajstić information content (AvgIpc) is 2.54. The second-order valence-electron chi connectivity index (χ2n) is 5.34. The highest BCUT2D eigenvalue weighted by molar-refractivity contribution is 6.35. The van der Waals surface area contributed by atoms with Crippen molar-refractivity contribution in [3.05, 3.63) is 63.6 Å². The third-order valence-electron chi connectivity index (χ3n) is 3.51. The lowest BCUT2D eigenvalue weighted by Crippen LogP contribution is -2.27. The van der Waals surface area contributed by atoms with Gasteiger partial charge in [-0.1, -0.05) is 42.3 Å². The van der Waals surface area contributed by atoms with Crippen LogP contribution >= 0.6 is 23.2 Å². The smallest absolute Gasteiger partial charge is 0.251 e. The molecular formula is C18H18Cl2N2O2. The molecule has 0 aliphatic heterocycles. The topological polar surface area (TPSA) is 58.2 Å². The van der Waals surface area contributed by atoms with Crippen molar-refractivity contribution in [1.82, 2.24) is 5.32 Å². The zero-order valence-corrected chi connectivity index (χ0v) is 14.9. The predicted octanol–water partition coefficient (Wildman–Crippen LogP) is 4.83. The van der Waals surface area contributed by atoms with E-state index in [-0.39, 0.29) is 17.9 Å². The summed E-state index contributed by atoms with van der Waals surface area (Å²) < 4.78 is 0. The molecular weight excluding hydrogens is 347 g/mol. The second-order valence-corrected chi connectivity index (χ2v) is 6.19. The molecule has 0 heterocycles. The van der Waals surface area contributed by atoms with Crippen LogP contribution in [0.25, 0.3) is 0 Å². The highest BCUT2D eigenvalue weighted by atomic mass is 35.5. The third kappa shape index (κ3) is 4.73. The van der Waals surface area contributed by atoms with Gasteiger partial charge in [-0.15, -0.1) is 0 Å². The standard InChI is InChI=1S/C18H18Cl2N2O2/c1-3-17(23)22-14-6-4-5-12(9-14)18(24)21-11(2)15-8-7-13(19)10-16(15)20/h4-11H,3H2,1-2H3,(H,21,24)(H,22,23)/t11-/m0/s1. The van der Waals surface area contributed by atoms with Crippen LogP contribution in [0.4, 0.5) is 5.69 Å². The number of hydrogen-bond donors (Lipinski definition) is 2. The third-order valence-corrected chi connectivity index (χ3v) is 4.07. The number of anilines is 1. The van der Waals surface area contributed by atoms with Crippen molar-refractivity contribution in [1.29, 1.82) is 0 Å². The Kier molecular flexibility index (Phi) is 6.23. The molecule has 2 aromatic rings. The van der Waals surface area contributed by atoms with Gasteiger partial charge in [0.15, 0.2) is 0 Å². The van der Waals surface area contributed by atoms with Crippen LogP contribution in [-0.2, 0) is 4.79 Å². The summed E-state index contributed by atoms with van der Waals surface area (Å²) in [7, 11) is 0. The lowest BCUT2D eigenvalue weighted by Gasteiger charge is -2.16. The molecule has 0 aromatic heterocycles. The number of halogens is 2. The van der Waals surface area contributed by atoms with E-state index in [1.54, 1.807) is 49.4 Å². The minimum absolute atomic E-state index is 0.103. The molecule has 0 spiro atoms. The first-order chi connectivity index (χ1) is 11.4. The lowest BCUT2D eigenvalue weighted by atomic mass is 10.1. The molecule has 0 fully saturated rings. The van der Waals surface area contributed by atoms with E-state index in [9.17, 15) is 9.59 Å². The van der Waals surface area contributed by atoms with E-state index >= 15 is 0 Å². The fourth-order valence-corrected chi connectivity index (χ4v) is 2.77. The molecule has 0 aliphatic carbocycles. The minimum Gasteiger partial charge on any atom is -0.345 e. The van der Waals surface area contributed by atoms with E-state index < -0.39 is 0 Å². The number of rotatable bonds is 5. The molecule has 2 amide bonds. The summed E-state index contributed by atoms with van der Waals surface area (Å²) in [6.07, 6.45) is 0.378. The number of carbonyl (C=O) groups excluding carboxylic acids is 2. The van der Waals surface area contributed by atoms with Crippen molar-refractivity contribution in [3.8, 4) is 0 Å². The SMILES string of the molecule is CCC(=O)Nc1cccc(C(=O)N[C@@H](C)c2ccc(Cl)cc2Cl)c1. The van der Waals surface area contributed by atoms with Gasteiger partial charge in [0, 0.05) is 27.7 Å². The second kappa shape index (κ2) is 8.18. The number of carbonyl (C=O) groups is 2. The fraction of sp³-hybridized carbons (Fsp3) is 0.222. The first kappa shape index (κ1) is 18.3. The molecule has 1 atom stereocenters. The normalized spacial score (nSPS) is 11.7. The average molecular weight is 365 g/mol. The summed E-state index contributed by atoms with van der Waals surface area (Å²) in [5, 5.41) is 6.66. The highest BCUT2D eigenvalue weighted by Gasteiger charge is 2.14. The van der Waals surface area contributed by atoms with Gasteiger partial charge in [-0.05, 0) is 42.8 Å². The van der Waals surface area contributed by atoms with Crippen molar-refractivity contribution in [3.63, 3.8) is 0 Å². The molecule has 2 aromatic carbocycles. The molecule has 2 N–H and O–H groups in total. The first-order valence-electron chi connectivity index (χ1n) is 7.56. The van der Waals surface area contributed by atoms with Crippen LogP contribution in [0.3, 0.4) is 0 Å². The zero-order valence-electron chi connectivity index (χ0n) is 13.4. The molecule has 0 bridgehead atoms. The molecule has 126 valence electrons. The molecule has 0 saturated carbocycles. The Morgan fingerprint density at radius 3 is 2.54 bits per heavy atom. The Balaban J connectivity index is 2.11. The van der Waals surface area contributed by atoms with E-state index in [0.717, 1.165) is 5.56 Å². The molecule has 0 saturated heterocycles. The van der Waals surface area contributed by atoms with Gasteiger partial charge >= 0.3 is 0 Å². The van der Waals surface area contributed by atoms with Crippen LogP contribution < -0.4 is 10.6 Å². The van der Waals surface area contributed by atoms with E-state index in [2.05, 4.69) is 10.6 Å². The molecule has 0 aliphatic rings. The molecule has 24 heavy (non-hydrogen) atoms. The van der Waals surface area contributed by atoms with Crippen molar-refractivity contribution < 1.29 is 9.59 Å². The van der Waals surface area contributed by atoms with Crippen molar-refractivity contribution >= 4 is 40.7 Å². The number of benzene rings is 2. The van der Waals surface area contributed by atoms with Crippen LogP contribution in [0, 0.1) is 0 Å². The Bertz CT molecular complexity index is 762. The number of hydrogen-bond acceptors (Lipinski definition) is 2. The summed E-state index contributed by atoms with van der Waals surface area (Å²) in [6.45, 7) is 3.61. The predicted molar refractivity (Wildman–Crippen MR) is 97.7 cm³/mol. The Hall–Kier alpha value is -2.04. The van der Waals surface area contributed by atoms with E-state index in [1.807, 2.05) is 6.92 Å². The van der Waals surface area contributed by atoms with E-state index in [4.69, 9.17) is 23.2 Å². The summed E-state index contributed by atoms with van der Waals surface area (Å²) >= 11 is 12.1. The van der Waals surface area contributed by atoms with Crippen molar-refractivity contribution in [2.45, 2.75) is 26.3 Å². The Labute approximate surface area is 151 Å². The highest BCUT2D eigenvalue weighted by Crippen LogP contribution is 2.26.